The van der Waals surface area contributed by atoms with Crippen molar-refractivity contribution >= 4 is 17.4 Å². The monoisotopic (exact) mass is 454 g/mol. The number of aromatic nitrogens is 2. The van der Waals surface area contributed by atoms with Crippen LogP contribution in [-0.4, -0.2) is 44.5 Å². The molecule has 2 amide bonds. The maximum atomic E-state index is 13.7. The zero-order valence-electron chi connectivity index (χ0n) is 19.5. The molecule has 1 aliphatic heterocycles. The van der Waals surface area contributed by atoms with E-state index in [4.69, 9.17) is 0 Å². The lowest BCUT2D eigenvalue weighted by atomic mass is 9.93. The van der Waals surface area contributed by atoms with E-state index in [1.54, 1.807) is 19.2 Å². The first-order chi connectivity index (χ1) is 15.8. The lowest BCUT2D eigenvalue weighted by molar-refractivity contribution is -0.138. The lowest BCUT2D eigenvalue weighted by Crippen LogP contribution is -2.38. The number of amides is 2. The highest BCUT2D eigenvalue weighted by Crippen LogP contribution is 2.35. The topological polar surface area (TPSA) is 78.4 Å². The second-order valence-electron chi connectivity index (χ2n) is 9.03. The minimum Gasteiger partial charge on any atom is -0.366 e. The molecular formula is C25H31FN4O3. The van der Waals surface area contributed by atoms with E-state index in [0.717, 1.165) is 32.1 Å². The van der Waals surface area contributed by atoms with Crippen LogP contribution in [0.1, 0.15) is 62.3 Å². The average Bonchev–Trinajstić information content (AvgIpc) is 3.22. The van der Waals surface area contributed by atoms with Crippen molar-refractivity contribution in [2.45, 2.75) is 64.5 Å². The van der Waals surface area contributed by atoms with Crippen LogP contribution in [-0.2, 0) is 29.6 Å². The summed E-state index contributed by atoms with van der Waals surface area (Å²) in [7, 11) is 3.47. The van der Waals surface area contributed by atoms with Crippen molar-refractivity contribution in [2.24, 2.45) is 7.05 Å². The van der Waals surface area contributed by atoms with Gasteiger partial charge < -0.3 is 4.90 Å². The molecule has 1 N–H and O–H groups in total. The van der Waals surface area contributed by atoms with Crippen LogP contribution in [0, 0.1) is 5.82 Å². The Balaban J connectivity index is 1.81. The van der Waals surface area contributed by atoms with Gasteiger partial charge in [0.25, 0.3) is 17.4 Å². The Hall–Kier alpha value is -3.16. The summed E-state index contributed by atoms with van der Waals surface area (Å²) in [6.45, 7) is 2.03. The molecule has 2 aromatic rings. The standard InChI is InChI=1S/C25H31FN4O3/c1-4-8-19-20(23(31)29(3)27-19)21-22(28(2)18-9-6-5-7-10-18)25(33)30(24(21)32)15-16-11-13-17(26)14-12-16/h11-14,18,27H,4-10,15H2,1-3H3. The average molecular weight is 455 g/mol. The van der Waals surface area contributed by atoms with E-state index in [1.165, 1.54) is 28.1 Å². The summed E-state index contributed by atoms with van der Waals surface area (Å²) >= 11 is 0. The number of H-pyrrole nitrogens is 1. The zero-order valence-corrected chi connectivity index (χ0v) is 19.5. The molecule has 0 bridgehead atoms. The van der Waals surface area contributed by atoms with Crippen LogP contribution in [0.5, 0.6) is 0 Å². The fraction of sp³-hybridized carbons (Fsp3) is 0.480. The molecule has 1 saturated carbocycles. The van der Waals surface area contributed by atoms with Gasteiger partial charge in [0.1, 0.15) is 11.5 Å². The normalized spacial score (nSPS) is 17.4. The number of rotatable bonds is 7. The number of halogens is 1. The molecule has 2 aliphatic rings. The Morgan fingerprint density at radius 2 is 1.73 bits per heavy atom. The van der Waals surface area contributed by atoms with Crippen LogP contribution >= 0.6 is 0 Å². The van der Waals surface area contributed by atoms with Gasteiger partial charge in [-0.3, -0.25) is 29.1 Å². The number of imide groups is 1. The first-order valence-corrected chi connectivity index (χ1v) is 11.7. The molecule has 0 radical (unpaired) electrons. The van der Waals surface area contributed by atoms with Gasteiger partial charge in [0.15, 0.2) is 0 Å². The van der Waals surface area contributed by atoms with Crippen molar-refractivity contribution in [1.29, 1.82) is 0 Å². The van der Waals surface area contributed by atoms with E-state index in [0.29, 0.717) is 23.4 Å². The number of nitrogens with one attached hydrogen (secondary N) is 1. The Bertz CT molecular complexity index is 1140. The van der Waals surface area contributed by atoms with Gasteiger partial charge in [-0.2, -0.15) is 0 Å². The molecule has 7 nitrogen and oxygen atoms in total. The van der Waals surface area contributed by atoms with Crippen LogP contribution < -0.4 is 5.56 Å². The van der Waals surface area contributed by atoms with Gasteiger partial charge in [0.2, 0.25) is 0 Å². The largest absolute Gasteiger partial charge is 0.366 e. The van der Waals surface area contributed by atoms with E-state index < -0.39 is 11.8 Å². The van der Waals surface area contributed by atoms with Crippen molar-refractivity contribution in [3.05, 3.63) is 63.0 Å². The maximum absolute atomic E-state index is 13.7. The van der Waals surface area contributed by atoms with Crippen molar-refractivity contribution < 1.29 is 14.0 Å². The Morgan fingerprint density at radius 1 is 1.06 bits per heavy atom. The van der Waals surface area contributed by atoms with E-state index in [-0.39, 0.29) is 35.1 Å². The van der Waals surface area contributed by atoms with Crippen LogP contribution in [0.15, 0.2) is 34.8 Å². The molecule has 33 heavy (non-hydrogen) atoms. The molecule has 1 aromatic heterocycles. The molecule has 1 fully saturated rings. The lowest BCUT2D eigenvalue weighted by Gasteiger charge is -2.33. The number of carbonyl (C=O) groups is 2. The third-order valence-electron chi connectivity index (χ3n) is 6.75. The molecule has 8 heteroatoms. The Morgan fingerprint density at radius 3 is 2.36 bits per heavy atom. The summed E-state index contributed by atoms with van der Waals surface area (Å²) in [4.78, 5) is 43.5. The van der Waals surface area contributed by atoms with E-state index in [9.17, 15) is 18.8 Å². The van der Waals surface area contributed by atoms with E-state index in [1.807, 2.05) is 18.9 Å². The van der Waals surface area contributed by atoms with E-state index >= 15 is 0 Å². The van der Waals surface area contributed by atoms with Crippen molar-refractivity contribution in [2.75, 3.05) is 7.05 Å². The summed E-state index contributed by atoms with van der Waals surface area (Å²) in [5.74, 6) is -1.26. The van der Waals surface area contributed by atoms with Crippen LogP contribution in [0.4, 0.5) is 4.39 Å². The van der Waals surface area contributed by atoms with Crippen molar-refractivity contribution in [1.82, 2.24) is 19.6 Å². The molecule has 1 aliphatic carbocycles. The number of nitrogens with zero attached hydrogens (tertiary/aromatic N) is 3. The van der Waals surface area contributed by atoms with Gasteiger partial charge in [0.05, 0.1) is 17.7 Å². The quantitative estimate of drug-likeness (QED) is 0.651. The number of hydrogen-bond acceptors (Lipinski definition) is 4. The summed E-state index contributed by atoms with van der Waals surface area (Å²) in [6, 6.07) is 5.89. The highest BCUT2D eigenvalue weighted by molar-refractivity contribution is 6.35. The predicted molar refractivity (Wildman–Crippen MR) is 124 cm³/mol. The fourth-order valence-electron chi connectivity index (χ4n) is 4.98. The predicted octanol–water partition coefficient (Wildman–Crippen LogP) is 3.35. The third-order valence-corrected chi connectivity index (χ3v) is 6.75. The highest BCUT2D eigenvalue weighted by Gasteiger charge is 2.44. The van der Waals surface area contributed by atoms with Crippen LogP contribution in [0.25, 0.3) is 5.57 Å². The first kappa shape index (κ1) is 23.0. The minimum absolute atomic E-state index is 0.0251. The number of hydrogen-bond donors (Lipinski definition) is 1. The van der Waals surface area contributed by atoms with E-state index in [2.05, 4.69) is 5.10 Å². The second-order valence-corrected chi connectivity index (χ2v) is 9.03. The third kappa shape index (κ3) is 4.26. The van der Waals surface area contributed by atoms with Crippen LogP contribution in [0.2, 0.25) is 0 Å². The highest BCUT2D eigenvalue weighted by atomic mass is 19.1. The fourth-order valence-corrected chi connectivity index (χ4v) is 4.98. The Labute approximate surface area is 192 Å². The van der Waals surface area contributed by atoms with Gasteiger partial charge in [-0.15, -0.1) is 0 Å². The van der Waals surface area contributed by atoms with Gasteiger partial charge >= 0.3 is 0 Å². The van der Waals surface area contributed by atoms with Crippen molar-refractivity contribution in [3.63, 3.8) is 0 Å². The number of aromatic amines is 1. The summed E-state index contributed by atoms with van der Waals surface area (Å²) in [5, 5.41) is 3.06. The molecule has 176 valence electrons. The SMILES string of the molecule is CCCc1[nH]n(C)c(=O)c1C1=C(N(C)C2CCCCC2)C(=O)N(Cc2ccc(F)cc2)C1=O. The molecule has 0 atom stereocenters. The number of likely N-dealkylation sites (N-methyl/N-ethyl adjacent to an activating group) is 1. The minimum atomic E-state index is -0.476. The van der Waals surface area contributed by atoms with Gasteiger partial charge in [0, 0.05) is 25.8 Å². The number of carbonyl (C=O) groups excluding carboxylic acids is 2. The van der Waals surface area contributed by atoms with Gasteiger partial charge in [-0.05, 0) is 37.0 Å². The molecule has 1 aromatic carbocycles. The Kier molecular flexibility index (Phi) is 6.54. The molecular weight excluding hydrogens is 423 g/mol. The molecule has 4 rings (SSSR count). The molecule has 0 spiro atoms. The molecule has 0 unspecified atom stereocenters. The maximum Gasteiger partial charge on any atom is 0.278 e. The molecule has 0 saturated heterocycles. The first-order valence-electron chi connectivity index (χ1n) is 11.7. The summed E-state index contributed by atoms with van der Waals surface area (Å²) < 4.78 is 14.7. The number of aryl methyl sites for hydroxylation is 2. The van der Waals surface area contributed by atoms with Gasteiger partial charge in [-0.25, -0.2) is 4.39 Å². The van der Waals surface area contributed by atoms with Crippen molar-refractivity contribution in [3.8, 4) is 0 Å². The second kappa shape index (κ2) is 9.37. The number of benzene rings is 1. The summed E-state index contributed by atoms with van der Waals surface area (Å²) in [5.41, 5.74) is 1.77. The zero-order chi connectivity index (χ0) is 23.7. The molecule has 2 heterocycles. The summed E-state index contributed by atoms with van der Waals surface area (Å²) in [6.07, 6.45) is 6.58. The van der Waals surface area contributed by atoms with Crippen LogP contribution in [0.3, 0.4) is 0 Å². The smallest absolute Gasteiger partial charge is 0.278 e. The van der Waals surface area contributed by atoms with Gasteiger partial charge in [-0.1, -0.05) is 44.7 Å².